The standard InChI is InChI=1S/C7H10BNO2S/c9-7-2-5(4-12)1-6(3-7)8(10)11/h1-3,10-12H,4,9H2. The van der Waals surface area contributed by atoms with E-state index in [4.69, 9.17) is 15.8 Å². The fraction of sp³-hybridized carbons (Fsp3) is 0.143. The molecule has 0 saturated heterocycles. The van der Waals surface area contributed by atoms with Crippen molar-refractivity contribution in [3.05, 3.63) is 23.8 Å². The van der Waals surface area contributed by atoms with Crippen LogP contribution in [0.4, 0.5) is 5.69 Å². The van der Waals surface area contributed by atoms with Crippen molar-refractivity contribution >= 4 is 30.9 Å². The molecule has 0 saturated carbocycles. The summed E-state index contributed by atoms with van der Waals surface area (Å²) >= 11 is 4.05. The van der Waals surface area contributed by atoms with E-state index in [1.807, 2.05) is 0 Å². The molecule has 0 heterocycles. The Kier molecular flexibility index (Phi) is 3.02. The number of nitrogen functional groups attached to an aromatic ring is 1. The van der Waals surface area contributed by atoms with Crippen LogP contribution in [0.2, 0.25) is 0 Å². The second-order valence-electron chi connectivity index (χ2n) is 2.54. The van der Waals surface area contributed by atoms with Crippen molar-refractivity contribution in [3.8, 4) is 0 Å². The molecule has 0 aliphatic carbocycles. The van der Waals surface area contributed by atoms with Gasteiger partial charge in [0.1, 0.15) is 0 Å². The summed E-state index contributed by atoms with van der Waals surface area (Å²) in [5.74, 6) is 0.532. The van der Waals surface area contributed by atoms with Crippen LogP contribution < -0.4 is 11.2 Å². The number of thiol groups is 1. The van der Waals surface area contributed by atoms with Crippen molar-refractivity contribution in [2.75, 3.05) is 5.73 Å². The minimum Gasteiger partial charge on any atom is -0.423 e. The van der Waals surface area contributed by atoms with Gasteiger partial charge in [-0.25, -0.2) is 0 Å². The van der Waals surface area contributed by atoms with Crippen LogP contribution in [-0.4, -0.2) is 17.2 Å². The Morgan fingerprint density at radius 3 is 2.50 bits per heavy atom. The zero-order chi connectivity index (χ0) is 9.14. The first kappa shape index (κ1) is 9.44. The van der Waals surface area contributed by atoms with E-state index in [1.165, 1.54) is 6.07 Å². The van der Waals surface area contributed by atoms with Crippen LogP contribution in [0, 0.1) is 0 Å². The van der Waals surface area contributed by atoms with Crippen LogP contribution in [0.25, 0.3) is 0 Å². The largest absolute Gasteiger partial charge is 0.488 e. The first-order valence-corrected chi connectivity index (χ1v) is 4.13. The highest BCUT2D eigenvalue weighted by Gasteiger charge is 2.11. The first-order valence-electron chi connectivity index (χ1n) is 3.50. The van der Waals surface area contributed by atoms with E-state index >= 15 is 0 Å². The molecule has 12 heavy (non-hydrogen) atoms. The highest BCUT2D eigenvalue weighted by Crippen LogP contribution is 2.07. The van der Waals surface area contributed by atoms with Gasteiger partial charge in [0.05, 0.1) is 0 Å². The number of hydrogen-bond donors (Lipinski definition) is 4. The molecule has 5 heteroatoms. The lowest BCUT2D eigenvalue weighted by molar-refractivity contribution is 0.426. The maximum atomic E-state index is 8.84. The third-order valence-corrected chi connectivity index (χ3v) is 1.88. The number of benzene rings is 1. The Labute approximate surface area is 76.8 Å². The van der Waals surface area contributed by atoms with E-state index in [-0.39, 0.29) is 0 Å². The van der Waals surface area contributed by atoms with Gasteiger partial charge in [0.15, 0.2) is 0 Å². The first-order chi connectivity index (χ1) is 5.63. The molecule has 1 rings (SSSR count). The monoisotopic (exact) mass is 183 g/mol. The van der Waals surface area contributed by atoms with E-state index in [0.717, 1.165) is 5.56 Å². The quantitative estimate of drug-likeness (QED) is 0.280. The minimum atomic E-state index is -1.47. The summed E-state index contributed by atoms with van der Waals surface area (Å²) < 4.78 is 0. The van der Waals surface area contributed by atoms with Gasteiger partial charge in [-0.2, -0.15) is 12.6 Å². The molecule has 0 aliphatic rings. The third-order valence-electron chi connectivity index (χ3n) is 1.52. The number of rotatable bonds is 2. The predicted molar refractivity (Wildman–Crippen MR) is 53.4 cm³/mol. The zero-order valence-electron chi connectivity index (χ0n) is 6.44. The highest BCUT2D eigenvalue weighted by atomic mass is 32.1. The summed E-state index contributed by atoms with van der Waals surface area (Å²) in [6.45, 7) is 0. The van der Waals surface area contributed by atoms with E-state index in [0.29, 0.717) is 16.9 Å². The molecule has 0 aromatic heterocycles. The predicted octanol–water partition coefficient (Wildman–Crippen LogP) is -0.622. The molecule has 0 radical (unpaired) electrons. The van der Waals surface area contributed by atoms with Crippen LogP contribution in [0.3, 0.4) is 0 Å². The Morgan fingerprint density at radius 1 is 1.33 bits per heavy atom. The number of anilines is 1. The van der Waals surface area contributed by atoms with Crippen molar-refractivity contribution in [2.24, 2.45) is 0 Å². The average molecular weight is 183 g/mol. The Hall–Kier alpha value is -0.645. The Bertz CT molecular complexity index is 280. The summed E-state index contributed by atoms with van der Waals surface area (Å²) in [4.78, 5) is 0. The molecule has 0 unspecified atom stereocenters. The van der Waals surface area contributed by atoms with Gasteiger partial charge in [0, 0.05) is 11.4 Å². The van der Waals surface area contributed by atoms with Gasteiger partial charge in [-0.05, 0) is 23.2 Å². The lowest BCUT2D eigenvalue weighted by atomic mass is 9.79. The van der Waals surface area contributed by atoms with Gasteiger partial charge in [0.2, 0.25) is 0 Å². The Balaban J connectivity index is 3.06. The third kappa shape index (κ3) is 2.17. The summed E-state index contributed by atoms with van der Waals surface area (Å²) in [6, 6.07) is 4.94. The molecule has 3 nitrogen and oxygen atoms in total. The van der Waals surface area contributed by atoms with Gasteiger partial charge >= 0.3 is 7.12 Å². The molecular weight excluding hydrogens is 173 g/mol. The zero-order valence-corrected chi connectivity index (χ0v) is 7.33. The molecule has 0 spiro atoms. The van der Waals surface area contributed by atoms with Crippen LogP contribution in [-0.2, 0) is 5.75 Å². The fourth-order valence-electron chi connectivity index (χ4n) is 0.986. The molecular formula is C7H10BNO2S. The van der Waals surface area contributed by atoms with Gasteiger partial charge in [-0.1, -0.05) is 6.07 Å². The second kappa shape index (κ2) is 3.84. The van der Waals surface area contributed by atoms with Crippen molar-refractivity contribution < 1.29 is 10.0 Å². The van der Waals surface area contributed by atoms with E-state index in [1.54, 1.807) is 12.1 Å². The maximum Gasteiger partial charge on any atom is 0.488 e. The molecule has 0 atom stereocenters. The number of nitrogens with two attached hydrogens (primary N) is 1. The van der Waals surface area contributed by atoms with Gasteiger partial charge < -0.3 is 15.8 Å². The maximum absolute atomic E-state index is 8.84. The van der Waals surface area contributed by atoms with E-state index < -0.39 is 7.12 Å². The fourth-order valence-corrected chi connectivity index (χ4v) is 1.17. The minimum absolute atomic E-state index is 0.402. The van der Waals surface area contributed by atoms with Crippen LogP contribution in [0.15, 0.2) is 18.2 Å². The topological polar surface area (TPSA) is 66.5 Å². The molecule has 0 bridgehead atoms. The Morgan fingerprint density at radius 2 is 2.00 bits per heavy atom. The van der Waals surface area contributed by atoms with Gasteiger partial charge in [-0.15, -0.1) is 0 Å². The second-order valence-corrected chi connectivity index (χ2v) is 2.86. The average Bonchev–Trinajstić information content (AvgIpc) is 2.03. The molecule has 0 aliphatic heterocycles. The van der Waals surface area contributed by atoms with Crippen LogP contribution in [0.5, 0.6) is 0 Å². The molecule has 1 aromatic rings. The van der Waals surface area contributed by atoms with Crippen molar-refractivity contribution in [1.82, 2.24) is 0 Å². The van der Waals surface area contributed by atoms with Crippen molar-refractivity contribution in [1.29, 1.82) is 0 Å². The molecule has 0 amide bonds. The van der Waals surface area contributed by atoms with Crippen molar-refractivity contribution in [3.63, 3.8) is 0 Å². The van der Waals surface area contributed by atoms with E-state index in [9.17, 15) is 0 Å². The summed E-state index contributed by atoms with van der Waals surface area (Å²) in [5.41, 5.74) is 7.31. The smallest absolute Gasteiger partial charge is 0.423 e. The summed E-state index contributed by atoms with van der Waals surface area (Å²) in [7, 11) is -1.47. The normalized spacial score (nSPS) is 9.92. The SMILES string of the molecule is Nc1cc(CS)cc(B(O)O)c1. The van der Waals surface area contributed by atoms with Crippen molar-refractivity contribution in [2.45, 2.75) is 5.75 Å². The molecule has 1 aromatic carbocycles. The van der Waals surface area contributed by atoms with Gasteiger partial charge in [-0.3, -0.25) is 0 Å². The summed E-state index contributed by atoms with van der Waals surface area (Å²) in [6.07, 6.45) is 0. The lowest BCUT2D eigenvalue weighted by Gasteiger charge is -2.04. The van der Waals surface area contributed by atoms with Crippen LogP contribution >= 0.6 is 12.6 Å². The molecule has 64 valence electrons. The number of hydrogen-bond acceptors (Lipinski definition) is 4. The molecule has 4 N–H and O–H groups in total. The van der Waals surface area contributed by atoms with E-state index in [2.05, 4.69) is 12.6 Å². The molecule has 0 fully saturated rings. The highest BCUT2D eigenvalue weighted by molar-refractivity contribution is 7.79. The van der Waals surface area contributed by atoms with Gasteiger partial charge in [0.25, 0.3) is 0 Å². The summed E-state index contributed by atoms with van der Waals surface area (Å²) in [5, 5.41) is 17.7. The lowest BCUT2D eigenvalue weighted by Crippen LogP contribution is -2.30. The van der Waals surface area contributed by atoms with Crippen LogP contribution in [0.1, 0.15) is 5.56 Å².